The number of hydrogen-bond donors (Lipinski definition) is 0. The minimum absolute atomic E-state index is 0.647. The van der Waals surface area contributed by atoms with Gasteiger partial charge in [-0.15, -0.1) is 10.2 Å². The van der Waals surface area contributed by atoms with Crippen molar-refractivity contribution in [3.63, 3.8) is 0 Å². The lowest BCUT2D eigenvalue weighted by molar-refractivity contribution is 0.184. The number of thioether (sulfide) groups is 1. The van der Waals surface area contributed by atoms with Gasteiger partial charge in [-0.1, -0.05) is 27.7 Å². The summed E-state index contributed by atoms with van der Waals surface area (Å²) in [5, 5.41) is 8.96. The van der Waals surface area contributed by atoms with Crippen LogP contribution in [0.5, 0.6) is 5.75 Å². The number of methoxy groups -OCH3 is 2. The first-order valence-electron chi connectivity index (χ1n) is 6.06. The van der Waals surface area contributed by atoms with E-state index in [9.17, 15) is 0 Å². The molecule has 1 aromatic carbocycles. The number of ether oxygens (including phenoxy) is 2. The predicted molar refractivity (Wildman–Crippen MR) is 82.2 cm³/mol. The van der Waals surface area contributed by atoms with Crippen molar-refractivity contribution in [3.8, 4) is 5.75 Å². The van der Waals surface area contributed by atoms with Gasteiger partial charge in [0.15, 0.2) is 5.16 Å². The van der Waals surface area contributed by atoms with Gasteiger partial charge in [0.05, 0.1) is 13.7 Å². The van der Waals surface area contributed by atoms with Crippen molar-refractivity contribution in [2.24, 2.45) is 0 Å². The number of rotatable bonds is 7. The molecule has 7 heteroatoms. The van der Waals surface area contributed by atoms with E-state index in [0.717, 1.165) is 33.2 Å². The van der Waals surface area contributed by atoms with Crippen molar-refractivity contribution in [1.29, 1.82) is 0 Å². The fourth-order valence-electron chi connectivity index (χ4n) is 1.63. The normalized spacial score (nSPS) is 10.8. The molecule has 108 valence electrons. The molecule has 0 amide bonds. The molecule has 0 atom stereocenters. The van der Waals surface area contributed by atoms with Crippen molar-refractivity contribution in [2.45, 2.75) is 17.5 Å². The Morgan fingerprint density at radius 1 is 1.35 bits per heavy atom. The first-order valence-corrected chi connectivity index (χ1v) is 7.84. The summed E-state index contributed by atoms with van der Waals surface area (Å²) in [6.07, 6.45) is 1.72. The van der Waals surface area contributed by atoms with Crippen LogP contribution >= 0.6 is 27.7 Å². The predicted octanol–water partition coefficient (Wildman–Crippen LogP) is 2.99. The van der Waals surface area contributed by atoms with Gasteiger partial charge in [0.2, 0.25) is 0 Å². The van der Waals surface area contributed by atoms with Crippen LogP contribution in [0.1, 0.15) is 5.56 Å². The van der Waals surface area contributed by atoms with Gasteiger partial charge >= 0.3 is 0 Å². The molecule has 1 heterocycles. The van der Waals surface area contributed by atoms with Crippen molar-refractivity contribution >= 4 is 27.7 Å². The van der Waals surface area contributed by atoms with Crippen molar-refractivity contribution in [1.82, 2.24) is 14.8 Å². The number of halogens is 1. The third-order valence-corrected chi connectivity index (χ3v) is 4.53. The summed E-state index contributed by atoms with van der Waals surface area (Å²) < 4.78 is 13.4. The van der Waals surface area contributed by atoms with Gasteiger partial charge in [-0.25, -0.2) is 0 Å². The van der Waals surface area contributed by atoms with Crippen molar-refractivity contribution in [2.75, 3.05) is 20.8 Å². The second kappa shape index (κ2) is 7.66. The number of hydrogen-bond acceptors (Lipinski definition) is 5. The minimum Gasteiger partial charge on any atom is -0.497 e. The van der Waals surface area contributed by atoms with E-state index in [1.807, 2.05) is 22.8 Å². The number of aromatic nitrogens is 3. The highest BCUT2D eigenvalue weighted by Crippen LogP contribution is 2.28. The molecule has 0 aliphatic rings. The Bertz CT molecular complexity index is 562. The van der Waals surface area contributed by atoms with Gasteiger partial charge in [-0.05, 0) is 23.8 Å². The molecule has 0 N–H and O–H groups in total. The third-order valence-electron chi connectivity index (χ3n) is 2.73. The second-order valence-corrected chi connectivity index (χ2v) is 5.84. The Balaban J connectivity index is 2.03. The van der Waals surface area contributed by atoms with Crippen LogP contribution in [0.3, 0.4) is 0 Å². The van der Waals surface area contributed by atoms with Gasteiger partial charge in [-0.3, -0.25) is 0 Å². The summed E-state index contributed by atoms with van der Waals surface area (Å²) in [7, 11) is 3.35. The molecule has 0 aliphatic carbocycles. The Labute approximate surface area is 130 Å². The average molecular weight is 358 g/mol. The van der Waals surface area contributed by atoms with Crippen LogP contribution in [-0.2, 0) is 17.0 Å². The molecule has 2 aromatic rings. The highest BCUT2D eigenvalue weighted by Gasteiger charge is 2.08. The highest BCUT2D eigenvalue weighted by molar-refractivity contribution is 9.10. The first kappa shape index (κ1) is 15.3. The van der Waals surface area contributed by atoms with Gasteiger partial charge < -0.3 is 14.0 Å². The lowest BCUT2D eigenvalue weighted by atomic mass is 10.2. The molecule has 20 heavy (non-hydrogen) atoms. The summed E-state index contributed by atoms with van der Waals surface area (Å²) in [6.45, 7) is 1.40. The molecule has 5 nitrogen and oxygen atoms in total. The van der Waals surface area contributed by atoms with Crippen LogP contribution in [0.2, 0.25) is 0 Å². The van der Waals surface area contributed by atoms with Gasteiger partial charge in [-0.2, -0.15) is 0 Å². The molecule has 1 aromatic heterocycles. The topological polar surface area (TPSA) is 49.2 Å². The monoisotopic (exact) mass is 357 g/mol. The van der Waals surface area contributed by atoms with E-state index >= 15 is 0 Å². The minimum atomic E-state index is 0.647. The quantitative estimate of drug-likeness (QED) is 0.713. The molecule has 0 saturated carbocycles. The van der Waals surface area contributed by atoms with Crippen LogP contribution in [0.25, 0.3) is 0 Å². The van der Waals surface area contributed by atoms with Crippen LogP contribution in [0.4, 0.5) is 0 Å². The number of nitrogens with zero attached hydrogens (tertiary/aromatic N) is 3. The first-order chi connectivity index (χ1) is 9.74. The molecule has 0 aliphatic heterocycles. The maximum Gasteiger partial charge on any atom is 0.191 e. The molecule has 0 bridgehead atoms. The maximum absolute atomic E-state index is 5.24. The van der Waals surface area contributed by atoms with Gasteiger partial charge in [0.1, 0.15) is 12.1 Å². The van der Waals surface area contributed by atoms with E-state index in [1.165, 1.54) is 0 Å². The largest absolute Gasteiger partial charge is 0.497 e. The summed E-state index contributed by atoms with van der Waals surface area (Å²) in [4.78, 5) is 0. The molecule has 0 fully saturated rings. The summed E-state index contributed by atoms with van der Waals surface area (Å²) in [6, 6.07) is 5.94. The Morgan fingerprint density at radius 3 is 2.95 bits per heavy atom. The van der Waals surface area contributed by atoms with Gasteiger partial charge in [0, 0.05) is 23.9 Å². The van der Waals surface area contributed by atoms with Crippen LogP contribution < -0.4 is 4.74 Å². The van der Waals surface area contributed by atoms with Crippen molar-refractivity contribution in [3.05, 3.63) is 34.6 Å². The van der Waals surface area contributed by atoms with E-state index < -0.39 is 0 Å². The molecule has 0 saturated heterocycles. The Hall–Kier alpha value is -1.05. The highest BCUT2D eigenvalue weighted by atomic mass is 79.9. The molecule has 2 rings (SSSR count). The third kappa shape index (κ3) is 3.97. The maximum atomic E-state index is 5.24. The van der Waals surface area contributed by atoms with Crippen LogP contribution in [-0.4, -0.2) is 35.6 Å². The molecular formula is C13H16BrN3O2S. The average Bonchev–Trinajstić information content (AvgIpc) is 2.91. The summed E-state index contributed by atoms with van der Waals surface area (Å²) in [5.74, 6) is 1.65. The Morgan fingerprint density at radius 2 is 2.20 bits per heavy atom. The zero-order valence-electron chi connectivity index (χ0n) is 11.4. The zero-order chi connectivity index (χ0) is 14.4. The van der Waals surface area contributed by atoms with E-state index in [0.29, 0.717) is 6.61 Å². The molecular weight excluding hydrogens is 342 g/mol. The van der Waals surface area contributed by atoms with E-state index in [2.05, 4.69) is 26.1 Å². The van der Waals surface area contributed by atoms with E-state index in [-0.39, 0.29) is 0 Å². The smallest absolute Gasteiger partial charge is 0.191 e. The lowest BCUT2D eigenvalue weighted by Crippen LogP contribution is -2.04. The van der Waals surface area contributed by atoms with Crippen LogP contribution in [0.15, 0.2) is 34.2 Å². The summed E-state index contributed by atoms with van der Waals surface area (Å²) in [5.41, 5.74) is 1.16. The fraction of sp³-hybridized carbons (Fsp3) is 0.385. The molecule has 0 spiro atoms. The van der Waals surface area contributed by atoms with E-state index in [4.69, 9.17) is 9.47 Å². The molecule has 0 radical (unpaired) electrons. The fourth-order valence-corrected chi connectivity index (χ4v) is 3.14. The Kier molecular flexibility index (Phi) is 5.87. The van der Waals surface area contributed by atoms with Gasteiger partial charge in [0.25, 0.3) is 0 Å². The van der Waals surface area contributed by atoms with E-state index in [1.54, 1.807) is 32.3 Å². The standard InChI is InChI=1S/C13H16BrN3O2S/c1-18-6-5-17-9-15-16-13(17)20-8-10-7-11(19-2)3-4-12(10)14/h3-4,7,9H,5-6,8H2,1-2H3. The summed E-state index contributed by atoms with van der Waals surface area (Å²) >= 11 is 5.19. The molecule has 0 unspecified atom stereocenters. The zero-order valence-corrected chi connectivity index (χ0v) is 13.8. The second-order valence-electron chi connectivity index (χ2n) is 4.05. The van der Waals surface area contributed by atoms with Crippen molar-refractivity contribution < 1.29 is 9.47 Å². The number of benzene rings is 1. The lowest BCUT2D eigenvalue weighted by Gasteiger charge is -2.08. The SMILES string of the molecule is COCCn1cnnc1SCc1cc(OC)ccc1Br. The van der Waals surface area contributed by atoms with Crippen LogP contribution in [0, 0.1) is 0 Å².